The summed E-state index contributed by atoms with van der Waals surface area (Å²) in [6.07, 6.45) is 1.76. The SMILES string of the molecule is Cc1cnc2nc(-c3n[nH]c(C(F)(F)F)n3)c(-c3cnc[nH]3)n2c1. The van der Waals surface area contributed by atoms with Gasteiger partial charge in [-0.3, -0.25) is 9.50 Å². The van der Waals surface area contributed by atoms with E-state index in [-0.39, 0.29) is 11.5 Å². The van der Waals surface area contributed by atoms with E-state index in [1.807, 2.05) is 12.0 Å². The topological polar surface area (TPSA) is 100 Å². The van der Waals surface area contributed by atoms with Crippen LogP contribution in [0.15, 0.2) is 24.9 Å². The number of aryl methyl sites for hydroxylation is 1. The number of nitrogens with zero attached hydrogens (tertiary/aromatic N) is 6. The molecule has 0 saturated carbocycles. The second kappa shape index (κ2) is 4.88. The number of imidazole rings is 2. The summed E-state index contributed by atoms with van der Waals surface area (Å²) in [6, 6.07) is 0. The molecular weight excluding hydrogens is 325 g/mol. The largest absolute Gasteiger partial charge is 0.451 e. The summed E-state index contributed by atoms with van der Waals surface area (Å²) in [7, 11) is 0. The van der Waals surface area contributed by atoms with E-state index in [4.69, 9.17) is 0 Å². The zero-order valence-corrected chi connectivity index (χ0v) is 12.1. The quantitative estimate of drug-likeness (QED) is 0.585. The molecule has 0 saturated heterocycles. The zero-order valence-electron chi connectivity index (χ0n) is 12.1. The van der Waals surface area contributed by atoms with Crippen molar-refractivity contribution in [1.82, 2.24) is 39.5 Å². The fourth-order valence-corrected chi connectivity index (χ4v) is 2.32. The van der Waals surface area contributed by atoms with Gasteiger partial charge >= 0.3 is 6.18 Å². The van der Waals surface area contributed by atoms with Crippen LogP contribution in [0.3, 0.4) is 0 Å². The predicted molar refractivity (Wildman–Crippen MR) is 75.7 cm³/mol. The number of alkyl halides is 3. The van der Waals surface area contributed by atoms with Crippen LogP contribution in [0, 0.1) is 6.92 Å². The van der Waals surface area contributed by atoms with Crippen LogP contribution in [-0.4, -0.2) is 39.5 Å². The van der Waals surface area contributed by atoms with Gasteiger partial charge in [0.1, 0.15) is 11.4 Å². The number of fused-ring (bicyclic) bond motifs is 1. The lowest BCUT2D eigenvalue weighted by Gasteiger charge is -2.01. The standard InChI is InChI=1S/C13H9F3N8/c1-6-2-18-12-20-8(10-21-11(23-22-10)13(14,15)16)9(24(12)4-6)7-3-17-5-19-7/h2-5H,1H3,(H,17,19)(H,21,22,23). The highest BCUT2D eigenvalue weighted by molar-refractivity contribution is 5.76. The number of H-pyrrole nitrogens is 2. The minimum Gasteiger partial charge on any atom is -0.343 e. The van der Waals surface area contributed by atoms with Crippen LogP contribution in [0.5, 0.6) is 0 Å². The van der Waals surface area contributed by atoms with Crippen LogP contribution in [0.2, 0.25) is 0 Å². The van der Waals surface area contributed by atoms with Crippen LogP contribution in [0.25, 0.3) is 28.7 Å². The maximum Gasteiger partial charge on any atom is 0.451 e. The van der Waals surface area contributed by atoms with Crippen molar-refractivity contribution in [3.63, 3.8) is 0 Å². The highest BCUT2D eigenvalue weighted by Crippen LogP contribution is 2.32. The van der Waals surface area contributed by atoms with Gasteiger partial charge in [0.2, 0.25) is 17.4 Å². The maximum absolute atomic E-state index is 12.8. The lowest BCUT2D eigenvalue weighted by molar-refractivity contribution is -0.144. The molecule has 0 amide bonds. The first-order valence-corrected chi connectivity index (χ1v) is 6.77. The number of aromatic amines is 2. The van der Waals surface area contributed by atoms with Crippen LogP contribution >= 0.6 is 0 Å². The van der Waals surface area contributed by atoms with E-state index >= 15 is 0 Å². The molecule has 2 N–H and O–H groups in total. The molecule has 4 aromatic rings. The van der Waals surface area contributed by atoms with E-state index < -0.39 is 12.0 Å². The molecule has 4 aromatic heterocycles. The Morgan fingerprint density at radius 1 is 1.17 bits per heavy atom. The van der Waals surface area contributed by atoms with E-state index in [0.29, 0.717) is 17.2 Å². The number of hydrogen-bond donors (Lipinski definition) is 2. The monoisotopic (exact) mass is 334 g/mol. The van der Waals surface area contributed by atoms with E-state index in [9.17, 15) is 13.2 Å². The van der Waals surface area contributed by atoms with Gasteiger partial charge in [0, 0.05) is 12.4 Å². The van der Waals surface area contributed by atoms with Crippen LogP contribution in [0.4, 0.5) is 13.2 Å². The van der Waals surface area contributed by atoms with Crippen molar-refractivity contribution in [2.45, 2.75) is 13.1 Å². The van der Waals surface area contributed by atoms with Crippen molar-refractivity contribution in [2.24, 2.45) is 0 Å². The lowest BCUT2D eigenvalue weighted by atomic mass is 10.2. The molecule has 122 valence electrons. The Hall–Kier alpha value is -3.24. The van der Waals surface area contributed by atoms with Crippen molar-refractivity contribution in [3.8, 4) is 22.9 Å². The fraction of sp³-hybridized carbons (Fsp3) is 0.154. The number of nitrogens with one attached hydrogen (secondary N) is 2. The third-order valence-corrected chi connectivity index (χ3v) is 3.33. The Labute approximate surface area is 131 Å². The molecule has 4 heterocycles. The normalized spacial score (nSPS) is 12.2. The molecule has 24 heavy (non-hydrogen) atoms. The minimum atomic E-state index is -4.62. The molecule has 0 radical (unpaired) electrons. The molecule has 4 rings (SSSR count). The highest BCUT2D eigenvalue weighted by atomic mass is 19.4. The maximum atomic E-state index is 12.8. The molecule has 0 aromatic carbocycles. The third-order valence-electron chi connectivity index (χ3n) is 3.33. The molecule has 0 bridgehead atoms. The number of rotatable bonds is 2. The van der Waals surface area contributed by atoms with E-state index in [1.165, 1.54) is 12.5 Å². The first-order valence-electron chi connectivity index (χ1n) is 6.77. The second-order valence-corrected chi connectivity index (χ2v) is 5.08. The average molecular weight is 334 g/mol. The number of aromatic nitrogens is 8. The van der Waals surface area contributed by atoms with Crippen LogP contribution < -0.4 is 0 Å². The zero-order chi connectivity index (χ0) is 16.9. The van der Waals surface area contributed by atoms with Gasteiger partial charge in [-0.05, 0) is 12.5 Å². The minimum absolute atomic E-state index is 0.170. The summed E-state index contributed by atoms with van der Waals surface area (Å²) in [5.41, 5.74) is 2.07. The highest BCUT2D eigenvalue weighted by Gasteiger charge is 2.36. The molecular formula is C13H9F3N8. The first kappa shape index (κ1) is 14.4. The summed E-state index contributed by atoms with van der Waals surface area (Å²) < 4.78 is 39.9. The molecule has 0 aliphatic heterocycles. The van der Waals surface area contributed by atoms with Gasteiger partial charge in [0.05, 0.1) is 18.2 Å². The Morgan fingerprint density at radius 2 is 2.00 bits per heavy atom. The van der Waals surface area contributed by atoms with E-state index in [0.717, 1.165) is 5.56 Å². The van der Waals surface area contributed by atoms with Crippen molar-refractivity contribution in [1.29, 1.82) is 0 Å². The molecule has 0 fully saturated rings. The van der Waals surface area contributed by atoms with Crippen molar-refractivity contribution in [2.75, 3.05) is 0 Å². The predicted octanol–water partition coefficient (Wildman–Crippen LogP) is 2.23. The molecule has 11 heteroatoms. The Morgan fingerprint density at radius 3 is 2.67 bits per heavy atom. The lowest BCUT2D eigenvalue weighted by Crippen LogP contribution is -2.07. The van der Waals surface area contributed by atoms with Gasteiger partial charge in [-0.25, -0.2) is 19.9 Å². The Bertz CT molecular complexity index is 1010. The average Bonchev–Trinajstić information content (AvgIpc) is 3.24. The fourth-order valence-electron chi connectivity index (χ4n) is 2.32. The molecule has 0 spiro atoms. The Balaban J connectivity index is 1.98. The molecule has 0 aliphatic carbocycles. The molecule has 0 atom stereocenters. The van der Waals surface area contributed by atoms with Gasteiger partial charge in [-0.15, -0.1) is 0 Å². The second-order valence-electron chi connectivity index (χ2n) is 5.08. The number of hydrogen-bond acceptors (Lipinski definition) is 5. The molecule has 0 unspecified atom stereocenters. The van der Waals surface area contributed by atoms with Crippen LogP contribution in [0.1, 0.15) is 11.4 Å². The Kier molecular flexibility index (Phi) is 2.92. The summed E-state index contributed by atoms with van der Waals surface area (Å²) in [6.45, 7) is 1.84. The van der Waals surface area contributed by atoms with Gasteiger partial charge < -0.3 is 4.98 Å². The third kappa shape index (κ3) is 2.21. The first-order chi connectivity index (χ1) is 11.4. The van der Waals surface area contributed by atoms with Gasteiger partial charge in [-0.1, -0.05) is 0 Å². The van der Waals surface area contributed by atoms with E-state index in [2.05, 4.69) is 30.0 Å². The van der Waals surface area contributed by atoms with Crippen LogP contribution in [-0.2, 0) is 6.18 Å². The summed E-state index contributed by atoms with van der Waals surface area (Å²) >= 11 is 0. The van der Waals surface area contributed by atoms with Gasteiger partial charge in [0.15, 0.2) is 0 Å². The summed E-state index contributed by atoms with van der Waals surface area (Å²) in [5, 5.41) is 5.54. The summed E-state index contributed by atoms with van der Waals surface area (Å²) in [5.74, 6) is -1.04. The van der Waals surface area contributed by atoms with E-state index in [1.54, 1.807) is 16.8 Å². The molecule has 8 nitrogen and oxygen atoms in total. The summed E-state index contributed by atoms with van der Waals surface area (Å²) in [4.78, 5) is 18.8. The van der Waals surface area contributed by atoms with Gasteiger partial charge in [-0.2, -0.15) is 18.3 Å². The number of halogens is 3. The van der Waals surface area contributed by atoms with Crippen molar-refractivity contribution < 1.29 is 13.2 Å². The smallest absolute Gasteiger partial charge is 0.343 e. The van der Waals surface area contributed by atoms with Gasteiger partial charge in [0.25, 0.3) is 0 Å². The van der Waals surface area contributed by atoms with Crippen molar-refractivity contribution in [3.05, 3.63) is 36.3 Å². The molecule has 0 aliphatic rings. The van der Waals surface area contributed by atoms with Crippen molar-refractivity contribution >= 4 is 5.78 Å².